The number of amides is 1. The van der Waals surface area contributed by atoms with Crippen LogP contribution in [0.4, 0.5) is 5.69 Å². The highest BCUT2D eigenvalue weighted by Crippen LogP contribution is 2.20. The Morgan fingerprint density at radius 2 is 1.64 bits per heavy atom. The molecule has 0 unspecified atom stereocenters. The molecule has 0 spiro atoms. The molecule has 2 aromatic carbocycles. The van der Waals surface area contributed by atoms with Crippen LogP contribution in [0.5, 0.6) is 0 Å². The quantitative estimate of drug-likeness (QED) is 0.518. The molecule has 1 aromatic heterocycles. The van der Waals surface area contributed by atoms with Gasteiger partial charge in [-0.3, -0.25) is 9.48 Å². The van der Waals surface area contributed by atoms with Crippen molar-refractivity contribution in [1.29, 1.82) is 0 Å². The first kappa shape index (κ1) is 22.9. The second-order valence-electron chi connectivity index (χ2n) is 8.07. The maximum absolute atomic E-state index is 12.8. The number of carbonyl (C=O) groups excluding carboxylic acids is 2. The highest BCUT2D eigenvalue weighted by atomic mass is 35.5. The molecule has 0 aliphatic carbocycles. The van der Waals surface area contributed by atoms with Crippen molar-refractivity contribution >= 4 is 29.2 Å². The molecule has 1 fully saturated rings. The van der Waals surface area contributed by atoms with Crippen molar-refractivity contribution in [2.75, 3.05) is 37.7 Å². The molecule has 172 valence electrons. The summed E-state index contributed by atoms with van der Waals surface area (Å²) in [6.07, 6.45) is 0. The van der Waals surface area contributed by atoms with Gasteiger partial charge in [0.05, 0.1) is 17.9 Å². The van der Waals surface area contributed by atoms with E-state index in [0.717, 1.165) is 24.3 Å². The highest BCUT2D eigenvalue weighted by Gasteiger charge is 2.25. The molecule has 4 rings (SSSR count). The van der Waals surface area contributed by atoms with Crippen molar-refractivity contribution in [3.05, 3.63) is 82.1 Å². The van der Waals surface area contributed by atoms with Crippen LogP contribution in [0.25, 0.3) is 0 Å². The first-order chi connectivity index (χ1) is 15.9. The van der Waals surface area contributed by atoms with E-state index in [1.54, 1.807) is 16.5 Å². The third-order valence-corrected chi connectivity index (χ3v) is 6.31. The van der Waals surface area contributed by atoms with Gasteiger partial charge in [-0.1, -0.05) is 48.0 Å². The largest absolute Gasteiger partial charge is 0.452 e. The first-order valence-corrected chi connectivity index (χ1v) is 11.3. The summed E-state index contributed by atoms with van der Waals surface area (Å²) >= 11 is 6.26. The second kappa shape index (κ2) is 10.1. The molecule has 1 aliphatic rings. The van der Waals surface area contributed by atoms with Crippen molar-refractivity contribution in [2.45, 2.75) is 20.4 Å². The number of esters is 1. The minimum absolute atomic E-state index is 0.185. The SMILES string of the molecule is Cc1nn(Cc2ccccc2Cl)c(C)c1C(=O)OCC(=O)N1CCN(c2ccccc2)CC1. The van der Waals surface area contributed by atoms with Gasteiger partial charge in [-0.15, -0.1) is 0 Å². The third-order valence-electron chi connectivity index (χ3n) is 5.94. The Kier molecular flexibility index (Phi) is 6.99. The lowest BCUT2D eigenvalue weighted by Gasteiger charge is -2.36. The minimum Gasteiger partial charge on any atom is -0.452 e. The van der Waals surface area contributed by atoms with Gasteiger partial charge in [0.1, 0.15) is 5.56 Å². The zero-order chi connectivity index (χ0) is 23.4. The normalized spacial score (nSPS) is 13.8. The molecule has 1 aliphatic heterocycles. The molecule has 7 nitrogen and oxygen atoms in total. The number of hydrogen-bond donors (Lipinski definition) is 0. The molecule has 0 saturated carbocycles. The number of nitrogens with zero attached hydrogens (tertiary/aromatic N) is 4. The van der Waals surface area contributed by atoms with Gasteiger partial charge in [0.2, 0.25) is 0 Å². The fraction of sp³-hybridized carbons (Fsp3) is 0.320. The summed E-state index contributed by atoms with van der Waals surface area (Å²) in [6.45, 7) is 6.43. The van der Waals surface area contributed by atoms with Gasteiger partial charge in [-0.05, 0) is 37.6 Å². The Hall–Kier alpha value is -3.32. The second-order valence-corrected chi connectivity index (χ2v) is 8.48. The molecule has 0 atom stereocenters. The van der Waals surface area contributed by atoms with Crippen LogP contribution in [0, 0.1) is 13.8 Å². The van der Waals surface area contributed by atoms with Crippen LogP contribution in [0.2, 0.25) is 5.02 Å². The first-order valence-electron chi connectivity index (χ1n) is 11.0. The van der Waals surface area contributed by atoms with Crippen LogP contribution in [0.1, 0.15) is 27.3 Å². The summed E-state index contributed by atoms with van der Waals surface area (Å²) in [5.74, 6) is -0.721. The molecular formula is C25H27ClN4O3. The average molecular weight is 467 g/mol. The number of benzene rings is 2. The van der Waals surface area contributed by atoms with Crippen LogP contribution in [0.15, 0.2) is 54.6 Å². The van der Waals surface area contributed by atoms with Crippen molar-refractivity contribution in [1.82, 2.24) is 14.7 Å². The summed E-state index contributed by atoms with van der Waals surface area (Å²) < 4.78 is 7.11. The molecular weight excluding hydrogens is 440 g/mol. The lowest BCUT2D eigenvalue weighted by Crippen LogP contribution is -2.49. The number of piperazine rings is 1. The number of carbonyl (C=O) groups is 2. The molecule has 8 heteroatoms. The van der Waals surface area contributed by atoms with Crippen LogP contribution >= 0.6 is 11.6 Å². The summed E-state index contributed by atoms with van der Waals surface area (Å²) in [6, 6.07) is 17.7. The maximum atomic E-state index is 12.8. The molecule has 33 heavy (non-hydrogen) atoms. The predicted molar refractivity (Wildman–Crippen MR) is 128 cm³/mol. The fourth-order valence-corrected chi connectivity index (χ4v) is 4.27. The number of aromatic nitrogens is 2. The standard InChI is InChI=1S/C25H27ClN4O3/c1-18-24(19(2)30(27-18)16-20-8-6-7-11-22(20)26)25(32)33-17-23(31)29-14-12-28(13-15-29)21-9-4-3-5-10-21/h3-11H,12-17H2,1-2H3. The molecule has 1 saturated heterocycles. The number of aryl methyl sites for hydroxylation is 1. The molecule has 0 N–H and O–H groups in total. The average Bonchev–Trinajstić information content (AvgIpc) is 3.12. The van der Waals surface area contributed by atoms with Gasteiger partial charge in [-0.25, -0.2) is 4.79 Å². The number of para-hydroxylation sites is 1. The molecule has 3 aromatic rings. The van der Waals surface area contributed by atoms with Gasteiger partial charge >= 0.3 is 5.97 Å². The monoisotopic (exact) mass is 466 g/mol. The lowest BCUT2D eigenvalue weighted by molar-refractivity contribution is -0.134. The lowest BCUT2D eigenvalue weighted by atomic mass is 10.2. The van der Waals surface area contributed by atoms with E-state index in [9.17, 15) is 9.59 Å². The van der Waals surface area contributed by atoms with Crippen LogP contribution in [0.3, 0.4) is 0 Å². The number of ether oxygens (including phenoxy) is 1. The summed E-state index contributed by atoms with van der Waals surface area (Å²) in [5, 5.41) is 5.12. The van der Waals surface area contributed by atoms with E-state index >= 15 is 0 Å². The van der Waals surface area contributed by atoms with Crippen LogP contribution in [-0.4, -0.2) is 59.3 Å². The zero-order valence-electron chi connectivity index (χ0n) is 18.8. The number of halogens is 1. The molecule has 2 heterocycles. The van der Waals surface area contributed by atoms with E-state index in [1.807, 2.05) is 49.4 Å². The Morgan fingerprint density at radius 1 is 0.970 bits per heavy atom. The van der Waals surface area contributed by atoms with Crippen molar-refractivity contribution in [3.63, 3.8) is 0 Å². The molecule has 0 bridgehead atoms. The van der Waals surface area contributed by atoms with Crippen molar-refractivity contribution < 1.29 is 14.3 Å². The van der Waals surface area contributed by atoms with Crippen LogP contribution in [-0.2, 0) is 16.1 Å². The van der Waals surface area contributed by atoms with Gasteiger partial charge in [0, 0.05) is 36.9 Å². The van der Waals surface area contributed by atoms with Crippen LogP contribution < -0.4 is 4.90 Å². The Balaban J connectivity index is 1.33. The van der Waals surface area contributed by atoms with E-state index in [0.29, 0.717) is 41.6 Å². The topological polar surface area (TPSA) is 67.7 Å². The van der Waals surface area contributed by atoms with Gasteiger partial charge in [-0.2, -0.15) is 5.10 Å². The predicted octanol–water partition coefficient (Wildman–Crippen LogP) is 3.71. The van der Waals surface area contributed by atoms with Gasteiger partial charge in [0.15, 0.2) is 6.61 Å². The van der Waals surface area contributed by atoms with Gasteiger partial charge < -0.3 is 14.5 Å². The molecule has 1 amide bonds. The Morgan fingerprint density at radius 3 is 2.33 bits per heavy atom. The fourth-order valence-electron chi connectivity index (χ4n) is 4.08. The Bertz CT molecular complexity index is 1140. The Labute approximate surface area is 198 Å². The van der Waals surface area contributed by atoms with E-state index in [2.05, 4.69) is 22.1 Å². The molecule has 0 radical (unpaired) electrons. The van der Waals surface area contributed by atoms with Gasteiger partial charge in [0.25, 0.3) is 5.91 Å². The van der Waals surface area contributed by atoms with E-state index in [1.165, 1.54) is 0 Å². The summed E-state index contributed by atoms with van der Waals surface area (Å²) in [4.78, 5) is 29.4. The maximum Gasteiger partial charge on any atom is 0.342 e. The van der Waals surface area contributed by atoms with E-state index in [-0.39, 0.29) is 12.5 Å². The number of anilines is 1. The summed E-state index contributed by atoms with van der Waals surface area (Å²) in [7, 11) is 0. The number of hydrogen-bond acceptors (Lipinski definition) is 5. The third kappa shape index (κ3) is 5.20. The highest BCUT2D eigenvalue weighted by molar-refractivity contribution is 6.31. The van der Waals surface area contributed by atoms with E-state index in [4.69, 9.17) is 16.3 Å². The van der Waals surface area contributed by atoms with Crippen molar-refractivity contribution in [3.8, 4) is 0 Å². The van der Waals surface area contributed by atoms with Crippen molar-refractivity contribution in [2.24, 2.45) is 0 Å². The minimum atomic E-state index is -0.535. The smallest absolute Gasteiger partial charge is 0.342 e. The summed E-state index contributed by atoms with van der Waals surface area (Å²) in [5.41, 5.74) is 3.70. The zero-order valence-corrected chi connectivity index (χ0v) is 19.6. The number of rotatable bonds is 6. The van der Waals surface area contributed by atoms with E-state index < -0.39 is 5.97 Å².